The fourth-order valence-corrected chi connectivity index (χ4v) is 3.38. The molecule has 0 spiro atoms. The number of fused-ring (bicyclic) bond motifs is 1. The number of amides is 1. The van der Waals surface area contributed by atoms with Crippen molar-refractivity contribution in [3.63, 3.8) is 0 Å². The Morgan fingerprint density at radius 1 is 1.50 bits per heavy atom. The number of benzene rings is 1. The molecular weight excluding hydrogens is 274 g/mol. The smallest absolute Gasteiger partial charge is 0.235 e. The summed E-state index contributed by atoms with van der Waals surface area (Å²) in [4.78, 5) is 11.8. The van der Waals surface area contributed by atoms with Crippen molar-refractivity contribution in [1.82, 2.24) is 9.78 Å². The van der Waals surface area contributed by atoms with Crippen molar-refractivity contribution >= 4 is 23.5 Å². The summed E-state index contributed by atoms with van der Waals surface area (Å²) < 4.78 is 6.98. The average Bonchev–Trinajstić information content (AvgIpc) is 2.72. The molecule has 0 bridgehead atoms. The largest absolute Gasteiger partial charge is 0.497 e. The SMILES string of the molecule is COc1cccc([C@H]2SCC(=O)Nc3c2cnn3C)c1. The van der Waals surface area contributed by atoms with E-state index in [0.717, 1.165) is 22.7 Å². The van der Waals surface area contributed by atoms with Crippen LogP contribution in [0.2, 0.25) is 0 Å². The van der Waals surface area contributed by atoms with E-state index >= 15 is 0 Å². The van der Waals surface area contributed by atoms with E-state index < -0.39 is 0 Å². The Balaban J connectivity index is 2.06. The molecule has 1 atom stereocenters. The van der Waals surface area contributed by atoms with Crippen LogP contribution in [0.1, 0.15) is 16.4 Å². The molecule has 5 nitrogen and oxygen atoms in total. The van der Waals surface area contributed by atoms with Crippen molar-refractivity contribution in [2.24, 2.45) is 7.05 Å². The molecule has 2 heterocycles. The lowest BCUT2D eigenvalue weighted by molar-refractivity contribution is -0.113. The highest BCUT2D eigenvalue weighted by Crippen LogP contribution is 2.41. The minimum absolute atomic E-state index is 0.00486. The quantitative estimate of drug-likeness (QED) is 0.921. The number of ether oxygens (including phenoxy) is 1. The number of methoxy groups -OCH3 is 1. The molecule has 2 aromatic rings. The molecule has 20 heavy (non-hydrogen) atoms. The number of thioether (sulfide) groups is 1. The van der Waals surface area contributed by atoms with E-state index in [-0.39, 0.29) is 11.2 Å². The third-order valence-electron chi connectivity index (χ3n) is 3.28. The van der Waals surface area contributed by atoms with Crippen LogP contribution < -0.4 is 10.1 Å². The number of aromatic nitrogens is 2. The first-order chi connectivity index (χ1) is 9.69. The van der Waals surface area contributed by atoms with Crippen LogP contribution >= 0.6 is 11.8 Å². The average molecular weight is 289 g/mol. The predicted octanol–water partition coefficient (Wildman–Crippen LogP) is 2.20. The normalized spacial score (nSPS) is 18.1. The zero-order valence-corrected chi connectivity index (χ0v) is 12.1. The Morgan fingerprint density at radius 2 is 2.35 bits per heavy atom. The van der Waals surface area contributed by atoms with Gasteiger partial charge in [0.1, 0.15) is 11.6 Å². The van der Waals surface area contributed by atoms with Gasteiger partial charge >= 0.3 is 0 Å². The molecule has 104 valence electrons. The monoisotopic (exact) mass is 289 g/mol. The Kier molecular flexibility index (Phi) is 3.40. The van der Waals surface area contributed by atoms with E-state index in [1.807, 2.05) is 37.5 Å². The summed E-state index contributed by atoms with van der Waals surface area (Å²) >= 11 is 1.60. The lowest BCUT2D eigenvalue weighted by atomic mass is 10.1. The minimum atomic E-state index is 0.00486. The number of nitrogens with one attached hydrogen (secondary N) is 1. The molecule has 1 aliphatic heterocycles. The van der Waals surface area contributed by atoms with Gasteiger partial charge in [0.15, 0.2) is 0 Å². The van der Waals surface area contributed by atoms with E-state index in [4.69, 9.17) is 4.74 Å². The minimum Gasteiger partial charge on any atom is -0.497 e. The Bertz CT molecular complexity index is 654. The third kappa shape index (κ3) is 2.27. The maximum Gasteiger partial charge on any atom is 0.235 e. The molecular formula is C14H15N3O2S. The first-order valence-electron chi connectivity index (χ1n) is 6.26. The predicted molar refractivity (Wildman–Crippen MR) is 79.1 cm³/mol. The van der Waals surface area contributed by atoms with Crippen LogP contribution in [-0.4, -0.2) is 28.6 Å². The molecule has 0 unspecified atom stereocenters. The number of aryl methyl sites for hydroxylation is 1. The van der Waals surface area contributed by atoms with Gasteiger partial charge in [-0.25, -0.2) is 0 Å². The van der Waals surface area contributed by atoms with Crippen LogP contribution in [0.25, 0.3) is 0 Å². The second-order valence-electron chi connectivity index (χ2n) is 4.59. The van der Waals surface area contributed by atoms with Crippen LogP contribution in [0.3, 0.4) is 0 Å². The van der Waals surface area contributed by atoms with Gasteiger partial charge in [-0.15, -0.1) is 11.8 Å². The maximum absolute atomic E-state index is 11.8. The Hall–Kier alpha value is -1.95. The molecule has 1 N–H and O–H groups in total. The molecule has 0 fully saturated rings. The van der Waals surface area contributed by atoms with Gasteiger partial charge in [0.25, 0.3) is 0 Å². The van der Waals surface area contributed by atoms with Crippen LogP contribution in [0.5, 0.6) is 5.75 Å². The van der Waals surface area contributed by atoms with Crippen LogP contribution in [0, 0.1) is 0 Å². The highest BCUT2D eigenvalue weighted by atomic mass is 32.2. The first-order valence-corrected chi connectivity index (χ1v) is 7.31. The number of carbonyl (C=O) groups is 1. The summed E-state index contributed by atoms with van der Waals surface area (Å²) in [7, 11) is 3.48. The molecule has 0 saturated carbocycles. The zero-order chi connectivity index (χ0) is 14.1. The van der Waals surface area contributed by atoms with Gasteiger partial charge < -0.3 is 10.1 Å². The summed E-state index contributed by atoms with van der Waals surface area (Å²) in [5, 5.41) is 7.24. The number of anilines is 1. The van der Waals surface area contributed by atoms with E-state index in [9.17, 15) is 4.79 Å². The van der Waals surface area contributed by atoms with Crippen LogP contribution in [0.4, 0.5) is 5.82 Å². The number of rotatable bonds is 2. The van der Waals surface area contributed by atoms with Crippen molar-refractivity contribution in [3.05, 3.63) is 41.6 Å². The van der Waals surface area contributed by atoms with Crippen molar-refractivity contribution in [2.75, 3.05) is 18.2 Å². The highest BCUT2D eigenvalue weighted by Gasteiger charge is 2.27. The Morgan fingerprint density at radius 3 is 3.15 bits per heavy atom. The highest BCUT2D eigenvalue weighted by molar-refractivity contribution is 8.00. The molecule has 1 amide bonds. The second kappa shape index (κ2) is 5.20. The summed E-state index contributed by atoms with van der Waals surface area (Å²) in [6, 6.07) is 7.93. The van der Waals surface area contributed by atoms with Gasteiger partial charge in [0, 0.05) is 12.6 Å². The van der Waals surface area contributed by atoms with E-state index in [0.29, 0.717) is 5.75 Å². The van der Waals surface area contributed by atoms with Gasteiger partial charge in [-0.3, -0.25) is 9.48 Å². The van der Waals surface area contributed by atoms with Crippen LogP contribution in [0.15, 0.2) is 30.5 Å². The summed E-state index contributed by atoms with van der Waals surface area (Å²) in [6.07, 6.45) is 1.82. The van der Waals surface area contributed by atoms with Crippen molar-refractivity contribution in [2.45, 2.75) is 5.25 Å². The lowest BCUT2D eigenvalue weighted by Crippen LogP contribution is -2.15. The lowest BCUT2D eigenvalue weighted by Gasteiger charge is -2.14. The zero-order valence-electron chi connectivity index (χ0n) is 11.3. The molecule has 0 aliphatic carbocycles. The van der Waals surface area contributed by atoms with Crippen molar-refractivity contribution in [1.29, 1.82) is 0 Å². The fraction of sp³-hybridized carbons (Fsp3) is 0.286. The molecule has 1 aliphatic rings. The summed E-state index contributed by atoms with van der Waals surface area (Å²) in [6.45, 7) is 0. The second-order valence-corrected chi connectivity index (χ2v) is 5.68. The topological polar surface area (TPSA) is 56.1 Å². The molecule has 1 aromatic heterocycles. The molecule has 6 heteroatoms. The molecule has 0 saturated heterocycles. The van der Waals surface area contributed by atoms with Gasteiger partial charge in [0.05, 0.1) is 24.3 Å². The molecule has 1 aromatic carbocycles. The molecule has 0 radical (unpaired) electrons. The van der Waals surface area contributed by atoms with E-state index in [2.05, 4.69) is 10.4 Å². The number of carbonyl (C=O) groups excluding carboxylic acids is 1. The summed E-state index contributed by atoms with van der Waals surface area (Å²) in [5.41, 5.74) is 2.14. The van der Waals surface area contributed by atoms with Gasteiger partial charge in [-0.05, 0) is 17.7 Å². The standard InChI is InChI=1S/C14H15N3O2S/c1-17-14-11(7-15-17)13(20-8-12(18)16-14)9-4-3-5-10(6-9)19-2/h3-7,13H,8H2,1-2H3,(H,16,18)/t13-/m1/s1. The van der Waals surface area contributed by atoms with Gasteiger partial charge in [-0.1, -0.05) is 12.1 Å². The van der Waals surface area contributed by atoms with E-state index in [1.54, 1.807) is 23.6 Å². The first kappa shape index (κ1) is 13.1. The number of nitrogens with zero attached hydrogens (tertiary/aromatic N) is 2. The van der Waals surface area contributed by atoms with Crippen molar-refractivity contribution < 1.29 is 9.53 Å². The van der Waals surface area contributed by atoms with Gasteiger partial charge in [-0.2, -0.15) is 5.10 Å². The van der Waals surface area contributed by atoms with Crippen molar-refractivity contribution in [3.8, 4) is 5.75 Å². The Labute approximate surface area is 121 Å². The molecule has 3 rings (SSSR count). The number of hydrogen-bond donors (Lipinski definition) is 1. The van der Waals surface area contributed by atoms with Gasteiger partial charge in [0.2, 0.25) is 5.91 Å². The number of hydrogen-bond acceptors (Lipinski definition) is 4. The summed E-state index contributed by atoms with van der Waals surface area (Å²) in [5.74, 6) is 2.02. The third-order valence-corrected chi connectivity index (χ3v) is 4.57. The van der Waals surface area contributed by atoms with E-state index in [1.165, 1.54) is 0 Å². The maximum atomic E-state index is 11.8. The van der Waals surface area contributed by atoms with Crippen LogP contribution in [-0.2, 0) is 11.8 Å². The fourth-order valence-electron chi connectivity index (χ4n) is 2.30.